The Labute approximate surface area is 147 Å². The van der Waals surface area contributed by atoms with Gasteiger partial charge >= 0.3 is 0 Å². The summed E-state index contributed by atoms with van der Waals surface area (Å²) in [4.78, 5) is 19.6. The summed E-state index contributed by atoms with van der Waals surface area (Å²) >= 11 is 0. The van der Waals surface area contributed by atoms with E-state index in [0.29, 0.717) is 5.92 Å². The number of amides is 1. The molecule has 5 nitrogen and oxygen atoms in total. The van der Waals surface area contributed by atoms with E-state index < -0.39 is 0 Å². The molecule has 1 atom stereocenters. The number of imidazole rings is 1. The minimum absolute atomic E-state index is 0.0939. The molecule has 4 rings (SSSR count). The molecule has 5 heteroatoms. The number of furan rings is 1. The van der Waals surface area contributed by atoms with E-state index >= 15 is 0 Å². The van der Waals surface area contributed by atoms with Crippen molar-refractivity contribution in [3.8, 4) is 0 Å². The Kier molecular flexibility index (Phi) is 3.86. The van der Waals surface area contributed by atoms with Crippen LogP contribution in [0.3, 0.4) is 0 Å². The molecule has 1 aromatic carbocycles. The zero-order valence-electron chi connectivity index (χ0n) is 15.0. The topological polar surface area (TPSA) is 51.3 Å². The van der Waals surface area contributed by atoms with Crippen LogP contribution in [0.15, 0.2) is 34.9 Å². The van der Waals surface area contributed by atoms with Crippen molar-refractivity contribution in [3.63, 3.8) is 0 Å². The first-order valence-corrected chi connectivity index (χ1v) is 8.80. The van der Waals surface area contributed by atoms with Crippen LogP contribution in [0.25, 0.3) is 11.0 Å². The van der Waals surface area contributed by atoms with Crippen molar-refractivity contribution in [1.82, 2.24) is 14.5 Å². The van der Waals surface area contributed by atoms with Crippen LogP contribution in [0, 0.1) is 13.8 Å². The first-order chi connectivity index (χ1) is 12.0. The summed E-state index contributed by atoms with van der Waals surface area (Å²) in [6, 6.07) is 7.66. The molecule has 2 aromatic heterocycles. The monoisotopic (exact) mass is 337 g/mol. The van der Waals surface area contributed by atoms with Crippen molar-refractivity contribution in [1.29, 1.82) is 0 Å². The number of aromatic nitrogens is 2. The third-order valence-corrected chi connectivity index (χ3v) is 4.99. The van der Waals surface area contributed by atoms with Gasteiger partial charge in [0.2, 0.25) is 0 Å². The summed E-state index contributed by atoms with van der Waals surface area (Å²) in [5.41, 5.74) is 2.58. The molecule has 0 N–H and O–H groups in total. The van der Waals surface area contributed by atoms with E-state index in [0.717, 1.165) is 59.7 Å². The second-order valence-corrected chi connectivity index (χ2v) is 7.05. The van der Waals surface area contributed by atoms with Crippen molar-refractivity contribution in [3.05, 3.63) is 53.3 Å². The van der Waals surface area contributed by atoms with Gasteiger partial charge in [-0.25, -0.2) is 4.98 Å². The molecule has 0 saturated carbocycles. The number of aryl methyl sites for hydroxylation is 3. The Morgan fingerprint density at radius 3 is 2.88 bits per heavy atom. The molecule has 1 aliphatic rings. The second kappa shape index (κ2) is 6.06. The zero-order chi connectivity index (χ0) is 17.6. The molecule has 0 bridgehead atoms. The van der Waals surface area contributed by atoms with Crippen molar-refractivity contribution in [2.24, 2.45) is 7.05 Å². The predicted octanol–water partition coefficient (Wildman–Crippen LogP) is 3.80. The molecule has 1 amide bonds. The van der Waals surface area contributed by atoms with Gasteiger partial charge < -0.3 is 13.9 Å². The molecule has 0 aliphatic carbocycles. The Bertz CT molecular complexity index is 938. The summed E-state index contributed by atoms with van der Waals surface area (Å²) in [7, 11) is 2.03. The average Bonchev–Trinajstić information content (AvgIpc) is 3.14. The first-order valence-electron chi connectivity index (χ1n) is 8.80. The Morgan fingerprint density at radius 2 is 2.12 bits per heavy atom. The maximum atomic E-state index is 13.0. The number of fused-ring (bicyclic) bond motifs is 1. The van der Waals surface area contributed by atoms with Crippen LogP contribution in [-0.4, -0.2) is 33.4 Å². The van der Waals surface area contributed by atoms with Gasteiger partial charge in [-0.2, -0.15) is 0 Å². The maximum Gasteiger partial charge on any atom is 0.253 e. The van der Waals surface area contributed by atoms with Crippen LogP contribution in [-0.2, 0) is 7.05 Å². The second-order valence-electron chi connectivity index (χ2n) is 7.05. The summed E-state index contributed by atoms with van der Waals surface area (Å²) < 4.78 is 7.69. The quantitative estimate of drug-likeness (QED) is 0.714. The molecule has 1 unspecified atom stereocenters. The molecule has 1 saturated heterocycles. The summed E-state index contributed by atoms with van der Waals surface area (Å²) in [6.45, 7) is 5.47. The van der Waals surface area contributed by atoms with Crippen LogP contribution in [0.4, 0.5) is 0 Å². The number of carbonyl (C=O) groups is 1. The molecule has 0 radical (unpaired) electrons. The molecular weight excluding hydrogens is 314 g/mol. The third kappa shape index (κ3) is 2.95. The zero-order valence-corrected chi connectivity index (χ0v) is 15.0. The van der Waals surface area contributed by atoms with Gasteiger partial charge in [0.05, 0.1) is 5.69 Å². The number of nitrogens with zero attached hydrogens (tertiary/aromatic N) is 3. The molecule has 25 heavy (non-hydrogen) atoms. The van der Waals surface area contributed by atoms with Gasteiger partial charge in [-0.3, -0.25) is 4.79 Å². The van der Waals surface area contributed by atoms with E-state index in [4.69, 9.17) is 4.42 Å². The lowest BCUT2D eigenvalue weighted by Crippen LogP contribution is -2.39. The predicted molar refractivity (Wildman–Crippen MR) is 96.8 cm³/mol. The number of piperidine rings is 1. The van der Waals surface area contributed by atoms with Gasteiger partial charge in [-0.05, 0) is 51.0 Å². The van der Waals surface area contributed by atoms with Gasteiger partial charge in [0.25, 0.3) is 5.91 Å². The fraction of sp³-hybridized carbons (Fsp3) is 0.400. The van der Waals surface area contributed by atoms with E-state index in [1.54, 1.807) is 0 Å². The van der Waals surface area contributed by atoms with Crippen LogP contribution >= 0.6 is 0 Å². The van der Waals surface area contributed by atoms with Gasteiger partial charge in [0.1, 0.15) is 17.2 Å². The van der Waals surface area contributed by atoms with E-state index in [9.17, 15) is 4.79 Å². The highest BCUT2D eigenvalue weighted by Crippen LogP contribution is 2.28. The molecule has 3 aromatic rings. The van der Waals surface area contributed by atoms with Crippen molar-refractivity contribution < 1.29 is 9.21 Å². The van der Waals surface area contributed by atoms with Gasteiger partial charge in [0, 0.05) is 43.2 Å². The summed E-state index contributed by atoms with van der Waals surface area (Å²) in [5, 5.41) is 0.983. The minimum atomic E-state index is 0.0939. The molecular formula is C20H23N3O2. The van der Waals surface area contributed by atoms with E-state index in [1.807, 2.05) is 56.3 Å². The molecule has 1 aliphatic heterocycles. The third-order valence-electron chi connectivity index (χ3n) is 4.99. The highest BCUT2D eigenvalue weighted by atomic mass is 16.3. The molecule has 1 fully saturated rings. The fourth-order valence-electron chi connectivity index (χ4n) is 3.88. The van der Waals surface area contributed by atoms with E-state index in [2.05, 4.69) is 9.55 Å². The Morgan fingerprint density at radius 1 is 1.28 bits per heavy atom. The standard InChI is InChI=1S/C20H23N3O2/c1-13-11-22(3)19(21-13)16-5-4-8-23(12-16)20(24)15-6-7-18-17(10-15)9-14(2)25-18/h6-7,9-11,16H,4-5,8,12H2,1-3H3. The van der Waals surface area contributed by atoms with Crippen LogP contribution in [0.1, 0.15) is 46.4 Å². The lowest BCUT2D eigenvalue weighted by molar-refractivity contribution is 0.0703. The lowest BCUT2D eigenvalue weighted by atomic mass is 9.96. The number of carbonyl (C=O) groups excluding carboxylic acids is 1. The number of benzene rings is 1. The summed E-state index contributed by atoms with van der Waals surface area (Å²) in [5.74, 6) is 2.34. The van der Waals surface area contributed by atoms with Crippen molar-refractivity contribution in [2.45, 2.75) is 32.6 Å². The molecule has 0 spiro atoms. The minimum Gasteiger partial charge on any atom is -0.461 e. The largest absolute Gasteiger partial charge is 0.461 e. The highest BCUT2D eigenvalue weighted by Gasteiger charge is 2.28. The first kappa shape index (κ1) is 15.9. The number of hydrogen-bond donors (Lipinski definition) is 0. The number of hydrogen-bond acceptors (Lipinski definition) is 3. The molecule has 3 heterocycles. The van der Waals surface area contributed by atoms with Gasteiger partial charge in [-0.1, -0.05) is 0 Å². The normalized spacial score (nSPS) is 18.0. The van der Waals surface area contributed by atoms with Crippen molar-refractivity contribution >= 4 is 16.9 Å². The number of rotatable bonds is 2. The fourth-order valence-corrected chi connectivity index (χ4v) is 3.88. The highest BCUT2D eigenvalue weighted by molar-refractivity contribution is 5.98. The number of likely N-dealkylation sites (tertiary alicyclic amines) is 1. The lowest BCUT2D eigenvalue weighted by Gasteiger charge is -2.32. The summed E-state index contributed by atoms with van der Waals surface area (Å²) in [6.07, 6.45) is 4.13. The van der Waals surface area contributed by atoms with E-state index in [1.165, 1.54) is 0 Å². The maximum absolute atomic E-state index is 13.0. The average molecular weight is 337 g/mol. The van der Waals surface area contributed by atoms with Crippen LogP contribution in [0.5, 0.6) is 0 Å². The smallest absolute Gasteiger partial charge is 0.253 e. The van der Waals surface area contributed by atoms with E-state index in [-0.39, 0.29) is 5.91 Å². The van der Waals surface area contributed by atoms with Gasteiger partial charge in [-0.15, -0.1) is 0 Å². The molecule has 130 valence electrons. The Balaban J connectivity index is 1.57. The van der Waals surface area contributed by atoms with Crippen LogP contribution < -0.4 is 0 Å². The SMILES string of the molecule is Cc1cn(C)c(C2CCCN(C(=O)c3ccc4oc(C)cc4c3)C2)n1. The Hall–Kier alpha value is -2.56. The van der Waals surface area contributed by atoms with Gasteiger partial charge in [0.15, 0.2) is 0 Å². The van der Waals surface area contributed by atoms with Crippen molar-refractivity contribution in [2.75, 3.05) is 13.1 Å². The van der Waals surface area contributed by atoms with Crippen LogP contribution in [0.2, 0.25) is 0 Å².